The highest BCUT2D eigenvalue weighted by atomic mass is 15.3. The maximum absolute atomic E-state index is 5.48. The molecule has 0 atom stereocenters. The van der Waals surface area contributed by atoms with Gasteiger partial charge < -0.3 is 10.6 Å². The van der Waals surface area contributed by atoms with Crippen molar-refractivity contribution in [2.45, 2.75) is 26.3 Å². The average molecular weight is 217 g/mol. The van der Waals surface area contributed by atoms with Gasteiger partial charge in [0.15, 0.2) is 0 Å². The highest BCUT2D eigenvalue weighted by Crippen LogP contribution is 2.05. The lowest BCUT2D eigenvalue weighted by Gasteiger charge is -2.36. The first kappa shape index (κ1) is 14.8. The molecule has 0 aliphatic carbocycles. The zero-order valence-corrected chi connectivity index (χ0v) is 10.2. The fourth-order valence-corrected chi connectivity index (χ4v) is 1.82. The Kier molecular flexibility index (Phi) is 8.94. The summed E-state index contributed by atoms with van der Waals surface area (Å²) in [6, 6.07) is 0.705. The Morgan fingerprint density at radius 3 is 2.00 bits per heavy atom. The molecule has 0 amide bonds. The first-order valence-corrected chi connectivity index (χ1v) is 5.74. The van der Waals surface area contributed by atoms with Crippen LogP contribution in [-0.2, 0) is 0 Å². The van der Waals surface area contributed by atoms with Crippen molar-refractivity contribution in [3.63, 3.8) is 0 Å². The van der Waals surface area contributed by atoms with Crippen LogP contribution in [0.15, 0.2) is 0 Å². The molecule has 0 aromatic rings. The van der Waals surface area contributed by atoms with Crippen LogP contribution >= 0.6 is 0 Å². The molecule has 1 fully saturated rings. The minimum Gasteiger partial charge on any atom is -0.330 e. The molecule has 1 saturated heterocycles. The monoisotopic (exact) mass is 217 g/mol. The average Bonchev–Trinajstić information content (AvgIpc) is 2.29. The smallest absolute Gasteiger partial charge is 0.0113 e. The number of hydrazine groups is 1. The predicted molar refractivity (Wildman–Crippen MR) is 65.2 cm³/mol. The zero-order chi connectivity index (χ0) is 11.7. The van der Waals surface area contributed by atoms with Gasteiger partial charge in [0.25, 0.3) is 0 Å². The summed E-state index contributed by atoms with van der Waals surface area (Å²) in [5.74, 6) is 8.00. The van der Waals surface area contributed by atoms with Crippen LogP contribution in [0.3, 0.4) is 0 Å². The quantitative estimate of drug-likeness (QED) is 0.423. The summed E-state index contributed by atoms with van der Waals surface area (Å²) in [5.41, 5.74) is 5.48. The Hall–Kier alpha value is -0.200. The Balaban J connectivity index is 0.000000921. The van der Waals surface area contributed by atoms with Gasteiger partial charge in [-0.15, -0.1) is 0 Å². The summed E-state index contributed by atoms with van der Waals surface area (Å²) in [4.78, 5) is 5.06. The van der Waals surface area contributed by atoms with Crippen molar-refractivity contribution in [1.82, 2.24) is 9.80 Å². The Morgan fingerprint density at radius 2 is 1.60 bits per heavy atom. The number of rotatable bonds is 4. The molecule has 0 spiro atoms. The van der Waals surface area contributed by atoms with E-state index in [1.165, 1.54) is 32.7 Å². The molecule has 0 unspecified atom stereocenters. The Morgan fingerprint density at radius 1 is 1.07 bits per heavy atom. The maximum Gasteiger partial charge on any atom is 0.0113 e. The van der Waals surface area contributed by atoms with Crippen LogP contribution in [0.25, 0.3) is 0 Å². The molecule has 0 aromatic heterocycles. The van der Waals surface area contributed by atoms with Gasteiger partial charge in [-0.2, -0.15) is 0 Å². The number of hydrogen-bond donors (Lipinski definition) is 3. The third-order valence-corrected chi connectivity index (χ3v) is 2.82. The molecule has 1 aliphatic rings. The summed E-state index contributed by atoms with van der Waals surface area (Å²) in [7, 11) is 0. The van der Waals surface area contributed by atoms with Crippen molar-refractivity contribution in [3.05, 3.63) is 0 Å². The molecular formula is C10H27N5. The highest BCUT2D eigenvalue weighted by Gasteiger charge is 2.17. The van der Waals surface area contributed by atoms with E-state index < -0.39 is 0 Å². The van der Waals surface area contributed by atoms with Gasteiger partial charge in [0.1, 0.15) is 0 Å². The van der Waals surface area contributed by atoms with E-state index in [4.69, 9.17) is 5.73 Å². The van der Waals surface area contributed by atoms with Gasteiger partial charge in [-0.3, -0.25) is 16.6 Å². The lowest BCUT2D eigenvalue weighted by molar-refractivity contribution is 0.108. The zero-order valence-electron chi connectivity index (χ0n) is 10.2. The van der Waals surface area contributed by atoms with Gasteiger partial charge in [-0.05, 0) is 33.4 Å². The van der Waals surface area contributed by atoms with Crippen molar-refractivity contribution in [2.24, 2.45) is 17.4 Å². The minimum absolute atomic E-state index is 0.705. The van der Waals surface area contributed by atoms with Crippen molar-refractivity contribution in [2.75, 3.05) is 39.3 Å². The molecular weight excluding hydrogens is 190 g/mol. The van der Waals surface area contributed by atoms with E-state index in [2.05, 4.69) is 35.3 Å². The standard InChI is InChI=1S/C10H23N3.H4N2/c1-10(2)13-8-6-12(7-9-13)5-3-4-11;1-2/h10H,3-9,11H2,1-2H3;1-2H2. The molecule has 0 bridgehead atoms. The normalized spacial score (nSPS) is 18.8. The predicted octanol–water partition coefficient (Wildman–Crippen LogP) is -0.820. The fraction of sp³-hybridized carbons (Fsp3) is 1.00. The lowest BCUT2D eigenvalue weighted by atomic mass is 10.2. The molecule has 6 N–H and O–H groups in total. The van der Waals surface area contributed by atoms with E-state index in [1.807, 2.05) is 0 Å². The topological polar surface area (TPSA) is 84.5 Å². The Bertz CT molecular complexity index is 132. The van der Waals surface area contributed by atoms with Gasteiger partial charge in [-0.1, -0.05) is 0 Å². The van der Waals surface area contributed by atoms with E-state index in [0.29, 0.717) is 6.04 Å². The van der Waals surface area contributed by atoms with E-state index >= 15 is 0 Å². The SMILES string of the molecule is CC(C)N1CCN(CCCN)CC1.NN. The number of nitrogens with zero attached hydrogens (tertiary/aromatic N) is 2. The molecule has 92 valence electrons. The van der Waals surface area contributed by atoms with Crippen LogP contribution in [0.5, 0.6) is 0 Å². The van der Waals surface area contributed by atoms with Crippen LogP contribution in [0.1, 0.15) is 20.3 Å². The molecule has 0 radical (unpaired) electrons. The summed E-state index contributed by atoms with van der Waals surface area (Å²) in [5, 5.41) is 0. The molecule has 1 aliphatic heterocycles. The molecule has 0 saturated carbocycles. The van der Waals surface area contributed by atoms with E-state index in [0.717, 1.165) is 13.0 Å². The van der Waals surface area contributed by atoms with Crippen LogP contribution in [0, 0.1) is 0 Å². The molecule has 0 aromatic carbocycles. The highest BCUT2D eigenvalue weighted by molar-refractivity contribution is 4.73. The summed E-state index contributed by atoms with van der Waals surface area (Å²) < 4.78 is 0. The first-order valence-electron chi connectivity index (χ1n) is 5.74. The second-order valence-electron chi connectivity index (χ2n) is 4.11. The number of hydrogen-bond acceptors (Lipinski definition) is 5. The van der Waals surface area contributed by atoms with Crippen LogP contribution in [-0.4, -0.2) is 55.1 Å². The van der Waals surface area contributed by atoms with Gasteiger partial charge in [0, 0.05) is 32.2 Å². The van der Waals surface area contributed by atoms with E-state index in [9.17, 15) is 0 Å². The molecule has 5 heteroatoms. The van der Waals surface area contributed by atoms with Gasteiger partial charge in [-0.25, -0.2) is 0 Å². The summed E-state index contributed by atoms with van der Waals surface area (Å²) >= 11 is 0. The third-order valence-electron chi connectivity index (χ3n) is 2.82. The molecule has 15 heavy (non-hydrogen) atoms. The van der Waals surface area contributed by atoms with Crippen LogP contribution in [0.2, 0.25) is 0 Å². The third kappa shape index (κ3) is 6.06. The van der Waals surface area contributed by atoms with E-state index in [-0.39, 0.29) is 0 Å². The fourth-order valence-electron chi connectivity index (χ4n) is 1.82. The van der Waals surface area contributed by atoms with Gasteiger partial charge >= 0.3 is 0 Å². The van der Waals surface area contributed by atoms with Gasteiger partial charge in [0.2, 0.25) is 0 Å². The molecule has 1 heterocycles. The molecule has 5 nitrogen and oxygen atoms in total. The van der Waals surface area contributed by atoms with Crippen LogP contribution in [0.4, 0.5) is 0 Å². The maximum atomic E-state index is 5.48. The van der Waals surface area contributed by atoms with Crippen molar-refractivity contribution >= 4 is 0 Å². The van der Waals surface area contributed by atoms with Crippen molar-refractivity contribution < 1.29 is 0 Å². The largest absolute Gasteiger partial charge is 0.330 e. The summed E-state index contributed by atoms with van der Waals surface area (Å²) in [6.07, 6.45) is 1.14. The first-order chi connectivity index (χ1) is 7.24. The second kappa shape index (κ2) is 9.06. The molecule has 1 rings (SSSR count). The van der Waals surface area contributed by atoms with E-state index in [1.54, 1.807) is 0 Å². The summed E-state index contributed by atoms with van der Waals surface area (Å²) in [6.45, 7) is 11.4. The van der Waals surface area contributed by atoms with Crippen LogP contribution < -0.4 is 17.4 Å². The van der Waals surface area contributed by atoms with Crippen molar-refractivity contribution in [3.8, 4) is 0 Å². The second-order valence-corrected chi connectivity index (χ2v) is 4.11. The number of piperazine rings is 1. The van der Waals surface area contributed by atoms with Crippen molar-refractivity contribution in [1.29, 1.82) is 0 Å². The lowest BCUT2D eigenvalue weighted by Crippen LogP contribution is -2.49. The number of nitrogens with two attached hydrogens (primary N) is 3. The Labute approximate surface area is 93.5 Å². The van der Waals surface area contributed by atoms with Gasteiger partial charge in [0.05, 0.1) is 0 Å². The minimum atomic E-state index is 0.705.